The van der Waals surface area contributed by atoms with Crippen LogP contribution in [0.1, 0.15) is 18.1 Å². The number of ether oxygens (including phenoxy) is 2. The fraction of sp³-hybridized carbons (Fsp3) is 0.0476. The Labute approximate surface area is 165 Å². The lowest BCUT2D eigenvalue weighted by Crippen LogP contribution is -2.01. The van der Waals surface area contributed by atoms with Crippen molar-refractivity contribution in [2.45, 2.75) is 6.92 Å². The number of hydrogen-bond acceptors (Lipinski definition) is 6. The Hall–Kier alpha value is -3.51. The summed E-state index contributed by atoms with van der Waals surface area (Å²) >= 11 is 5.29. The average Bonchev–Trinajstić information content (AvgIpc) is 3.13. The molecule has 0 N–H and O–H groups in total. The Bertz CT molecular complexity index is 954. The molecular formula is C21H13ClO6. The van der Waals surface area contributed by atoms with Crippen molar-refractivity contribution >= 4 is 46.6 Å². The maximum absolute atomic E-state index is 11.9. The van der Waals surface area contributed by atoms with Gasteiger partial charge in [0.1, 0.15) is 5.03 Å². The Morgan fingerprint density at radius 2 is 1.00 bits per heavy atom. The SMILES string of the molecule is CC1=C(Cl)C(=O)OC1=O.O=C1OC(=O)C(c2ccccc2)=C1c1ccccc1. The minimum atomic E-state index is -0.751. The second-order valence-corrected chi connectivity index (χ2v) is 6.15. The molecule has 0 spiro atoms. The third kappa shape index (κ3) is 3.77. The lowest BCUT2D eigenvalue weighted by Gasteiger charge is -2.02. The van der Waals surface area contributed by atoms with Gasteiger partial charge in [0.2, 0.25) is 0 Å². The van der Waals surface area contributed by atoms with E-state index in [9.17, 15) is 19.2 Å². The molecule has 0 saturated heterocycles. The van der Waals surface area contributed by atoms with Gasteiger partial charge < -0.3 is 9.47 Å². The highest BCUT2D eigenvalue weighted by molar-refractivity contribution is 6.46. The number of halogens is 1. The van der Waals surface area contributed by atoms with Crippen molar-refractivity contribution in [1.29, 1.82) is 0 Å². The second kappa shape index (κ2) is 8.02. The van der Waals surface area contributed by atoms with Crippen LogP contribution in [0.15, 0.2) is 71.3 Å². The van der Waals surface area contributed by atoms with E-state index < -0.39 is 23.9 Å². The Morgan fingerprint density at radius 1 is 0.607 bits per heavy atom. The highest BCUT2D eigenvalue weighted by Gasteiger charge is 2.34. The number of hydrogen-bond donors (Lipinski definition) is 0. The van der Waals surface area contributed by atoms with Gasteiger partial charge in [-0.15, -0.1) is 0 Å². The summed E-state index contributed by atoms with van der Waals surface area (Å²) in [7, 11) is 0. The predicted octanol–water partition coefficient (Wildman–Crippen LogP) is 3.26. The average molecular weight is 397 g/mol. The number of carbonyl (C=O) groups is 4. The van der Waals surface area contributed by atoms with Crippen molar-refractivity contribution in [3.05, 3.63) is 82.4 Å². The summed E-state index contributed by atoms with van der Waals surface area (Å²) in [5.74, 6) is -2.57. The van der Waals surface area contributed by atoms with Gasteiger partial charge in [0.05, 0.1) is 16.7 Å². The number of carbonyl (C=O) groups excluding carboxylic acids is 4. The molecule has 0 atom stereocenters. The largest absolute Gasteiger partial charge is 0.386 e. The minimum Gasteiger partial charge on any atom is -0.386 e. The molecule has 28 heavy (non-hydrogen) atoms. The maximum atomic E-state index is 11.9. The van der Waals surface area contributed by atoms with Gasteiger partial charge in [0.25, 0.3) is 0 Å². The number of cyclic esters (lactones) is 4. The molecule has 0 aliphatic carbocycles. The molecule has 2 heterocycles. The first kappa shape index (κ1) is 19.3. The van der Waals surface area contributed by atoms with Gasteiger partial charge in [0, 0.05) is 0 Å². The van der Waals surface area contributed by atoms with Crippen LogP contribution in [0.2, 0.25) is 0 Å². The molecule has 140 valence electrons. The molecule has 0 bridgehead atoms. The first-order valence-electron chi connectivity index (χ1n) is 8.14. The van der Waals surface area contributed by atoms with Crippen molar-refractivity contribution in [2.24, 2.45) is 0 Å². The fourth-order valence-corrected chi connectivity index (χ4v) is 2.69. The van der Waals surface area contributed by atoms with Gasteiger partial charge in [-0.2, -0.15) is 0 Å². The molecular weight excluding hydrogens is 384 g/mol. The monoisotopic (exact) mass is 396 g/mol. The van der Waals surface area contributed by atoms with Crippen LogP contribution in [0.3, 0.4) is 0 Å². The van der Waals surface area contributed by atoms with Crippen LogP contribution in [-0.2, 0) is 28.7 Å². The minimum absolute atomic E-state index is 0.111. The van der Waals surface area contributed by atoms with Crippen molar-refractivity contribution < 1.29 is 28.7 Å². The van der Waals surface area contributed by atoms with Crippen LogP contribution in [0.25, 0.3) is 11.1 Å². The van der Waals surface area contributed by atoms with E-state index in [1.54, 1.807) is 24.3 Å². The molecule has 0 unspecified atom stereocenters. The molecule has 0 saturated carbocycles. The summed E-state index contributed by atoms with van der Waals surface area (Å²) in [6.45, 7) is 1.44. The summed E-state index contributed by atoms with van der Waals surface area (Å²) < 4.78 is 8.85. The molecule has 2 aliphatic heterocycles. The van der Waals surface area contributed by atoms with Gasteiger partial charge in [-0.05, 0) is 18.1 Å². The zero-order chi connectivity index (χ0) is 20.3. The van der Waals surface area contributed by atoms with E-state index in [-0.39, 0.29) is 10.6 Å². The van der Waals surface area contributed by atoms with Gasteiger partial charge in [-0.1, -0.05) is 72.3 Å². The number of rotatable bonds is 2. The predicted molar refractivity (Wildman–Crippen MR) is 100 cm³/mol. The summed E-state index contributed by atoms with van der Waals surface area (Å²) in [5, 5.41) is -0.111. The van der Waals surface area contributed by atoms with E-state index in [4.69, 9.17) is 16.3 Å². The molecule has 0 amide bonds. The zero-order valence-corrected chi connectivity index (χ0v) is 15.4. The van der Waals surface area contributed by atoms with Gasteiger partial charge in [0.15, 0.2) is 0 Å². The smallest absolute Gasteiger partial charge is 0.358 e. The normalized spacial score (nSPS) is 16.1. The van der Waals surface area contributed by atoms with Crippen LogP contribution in [0, 0.1) is 0 Å². The van der Waals surface area contributed by atoms with E-state index in [0.29, 0.717) is 22.3 Å². The molecule has 0 radical (unpaired) electrons. The molecule has 2 aromatic carbocycles. The number of benzene rings is 2. The fourth-order valence-electron chi connectivity index (χ4n) is 2.57. The van der Waals surface area contributed by atoms with Gasteiger partial charge in [-0.3, -0.25) is 0 Å². The third-order valence-electron chi connectivity index (χ3n) is 3.97. The highest BCUT2D eigenvalue weighted by atomic mass is 35.5. The lowest BCUT2D eigenvalue weighted by atomic mass is 9.96. The van der Waals surface area contributed by atoms with E-state index in [0.717, 1.165) is 0 Å². The molecule has 6 nitrogen and oxygen atoms in total. The van der Waals surface area contributed by atoms with Crippen LogP contribution in [-0.4, -0.2) is 23.9 Å². The topological polar surface area (TPSA) is 86.7 Å². The van der Waals surface area contributed by atoms with Crippen molar-refractivity contribution in [3.63, 3.8) is 0 Å². The van der Waals surface area contributed by atoms with Crippen LogP contribution in [0.4, 0.5) is 0 Å². The summed E-state index contributed by atoms with van der Waals surface area (Å²) in [4.78, 5) is 44.5. The summed E-state index contributed by atoms with van der Waals surface area (Å²) in [6, 6.07) is 18.2. The Kier molecular flexibility index (Phi) is 5.52. The Morgan fingerprint density at radius 3 is 1.29 bits per heavy atom. The van der Waals surface area contributed by atoms with Gasteiger partial charge >= 0.3 is 23.9 Å². The van der Waals surface area contributed by atoms with Crippen molar-refractivity contribution in [3.8, 4) is 0 Å². The van der Waals surface area contributed by atoms with Crippen LogP contribution in [0.5, 0.6) is 0 Å². The standard InChI is InChI=1S/C16H10O3.C5H3ClO3/c17-15-13(11-7-3-1-4-8-11)14(16(18)19-15)12-9-5-2-6-10-12;1-2-3(6)5(8)9-4(2)7/h1-10H;1H3. The van der Waals surface area contributed by atoms with Crippen LogP contribution < -0.4 is 0 Å². The summed E-state index contributed by atoms with van der Waals surface area (Å²) in [5.41, 5.74) is 2.23. The van der Waals surface area contributed by atoms with E-state index >= 15 is 0 Å². The van der Waals surface area contributed by atoms with Gasteiger partial charge in [-0.25, -0.2) is 19.2 Å². The molecule has 7 heteroatoms. The molecule has 2 aliphatic rings. The van der Waals surface area contributed by atoms with Crippen LogP contribution >= 0.6 is 11.6 Å². The molecule has 4 rings (SSSR count). The summed E-state index contributed by atoms with van der Waals surface area (Å²) in [6.07, 6.45) is 0. The van der Waals surface area contributed by atoms with Crippen molar-refractivity contribution in [1.82, 2.24) is 0 Å². The first-order valence-corrected chi connectivity index (χ1v) is 8.52. The molecule has 0 aromatic heterocycles. The second-order valence-electron chi connectivity index (χ2n) is 5.77. The highest BCUT2D eigenvalue weighted by Crippen LogP contribution is 2.33. The Balaban J connectivity index is 0.000000211. The van der Waals surface area contributed by atoms with Crippen molar-refractivity contribution in [2.75, 3.05) is 0 Å². The number of esters is 4. The quantitative estimate of drug-likeness (QED) is 0.572. The maximum Gasteiger partial charge on any atom is 0.358 e. The zero-order valence-electron chi connectivity index (χ0n) is 14.6. The van der Waals surface area contributed by atoms with E-state index in [1.807, 2.05) is 36.4 Å². The lowest BCUT2D eigenvalue weighted by molar-refractivity contribution is -0.151. The van der Waals surface area contributed by atoms with E-state index in [2.05, 4.69) is 4.74 Å². The van der Waals surface area contributed by atoms with E-state index in [1.165, 1.54) is 6.92 Å². The first-order chi connectivity index (χ1) is 13.4. The third-order valence-corrected chi connectivity index (χ3v) is 4.41. The molecule has 2 aromatic rings. The molecule has 0 fully saturated rings.